The van der Waals surface area contributed by atoms with Crippen LogP contribution in [0, 0.1) is 15.9 Å². The summed E-state index contributed by atoms with van der Waals surface area (Å²) in [7, 11) is 0. The van der Waals surface area contributed by atoms with Crippen molar-refractivity contribution in [3.8, 4) is 0 Å². The summed E-state index contributed by atoms with van der Waals surface area (Å²) in [6, 6.07) is 0.232. The molecule has 0 aliphatic rings. The first-order valence-electron chi connectivity index (χ1n) is 3.16. The van der Waals surface area contributed by atoms with Gasteiger partial charge in [0.2, 0.25) is 5.82 Å². The Morgan fingerprint density at radius 2 is 2.08 bits per heavy atom. The molecule has 4 nitrogen and oxygen atoms in total. The second-order valence-corrected chi connectivity index (χ2v) is 2.20. The van der Waals surface area contributed by atoms with E-state index in [1.54, 1.807) is 0 Å². The third-order valence-corrected chi connectivity index (χ3v) is 1.37. The number of hydrogen-bond acceptors (Lipinski definition) is 3. The summed E-state index contributed by atoms with van der Waals surface area (Å²) in [5.74, 6) is -1.10. The Morgan fingerprint density at radius 1 is 1.46 bits per heavy atom. The number of nitro groups is 1. The van der Waals surface area contributed by atoms with E-state index in [0.717, 1.165) is 6.07 Å². The van der Waals surface area contributed by atoms with Gasteiger partial charge >= 0.3 is 11.7 Å². The van der Waals surface area contributed by atoms with E-state index in [0.29, 0.717) is 12.1 Å². The van der Waals surface area contributed by atoms with E-state index in [4.69, 9.17) is 0 Å². The van der Waals surface area contributed by atoms with Crippen molar-refractivity contribution in [2.45, 2.75) is 0 Å². The molecule has 1 aromatic rings. The third-order valence-electron chi connectivity index (χ3n) is 1.37. The lowest BCUT2D eigenvalue weighted by molar-refractivity contribution is -0.387. The number of carbonyl (C=O) groups is 1. The lowest BCUT2D eigenvalue weighted by Gasteiger charge is -1.94. The molecule has 0 heterocycles. The Bertz CT molecular complexity index is 378. The molecule has 0 N–H and O–H groups in total. The first-order valence-corrected chi connectivity index (χ1v) is 3.16. The van der Waals surface area contributed by atoms with Gasteiger partial charge in [0.15, 0.2) is 0 Å². The Labute approximate surface area is 70.9 Å². The molecule has 6 heteroatoms. The summed E-state index contributed by atoms with van der Waals surface area (Å²) in [6.45, 7) is 0. The fourth-order valence-electron chi connectivity index (χ4n) is 0.775. The largest absolute Gasteiger partial charge is 0.332 e. The average Bonchev–Trinajstić information content (AvgIpc) is 2.04. The maximum absolute atomic E-state index is 12.6. The summed E-state index contributed by atoms with van der Waals surface area (Å²) in [5.41, 5.74) is -1.45. The van der Waals surface area contributed by atoms with Crippen LogP contribution >= 0.6 is 0 Å². The van der Waals surface area contributed by atoms with Gasteiger partial charge in [-0.1, -0.05) is 0 Å². The van der Waals surface area contributed by atoms with Gasteiger partial charge in [-0.15, -0.1) is 0 Å². The topological polar surface area (TPSA) is 60.2 Å². The minimum absolute atomic E-state index is 0.534. The molecule has 1 aromatic carbocycles. The van der Waals surface area contributed by atoms with Crippen molar-refractivity contribution in [1.29, 1.82) is 0 Å². The summed E-state index contributed by atoms with van der Waals surface area (Å²) in [5, 5.41) is 10.1. The molecule has 0 saturated carbocycles. The second-order valence-electron chi connectivity index (χ2n) is 2.20. The predicted molar refractivity (Wildman–Crippen MR) is 38.5 cm³/mol. The van der Waals surface area contributed by atoms with Gasteiger partial charge in [-0.3, -0.25) is 14.9 Å². The molecule has 0 atom stereocenters. The van der Waals surface area contributed by atoms with E-state index < -0.39 is 28.0 Å². The van der Waals surface area contributed by atoms with E-state index >= 15 is 0 Å². The zero-order valence-electron chi connectivity index (χ0n) is 6.16. The van der Waals surface area contributed by atoms with E-state index in [1.807, 2.05) is 0 Å². The Balaban J connectivity index is 3.27. The standard InChI is InChI=1S/C7H3F2NO3/c8-5-2-1-4(7(9)11)3-6(5)10(12)13/h1-3H. The highest BCUT2D eigenvalue weighted by Crippen LogP contribution is 2.18. The van der Waals surface area contributed by atoms with E-state index in [-0.39, 0.29) is 0 Å². The fraction of sp³-hybridized carbons (Fsp3) is 0. The summed E-state index contributed by atoms with van der Waals surface area (Å²) < 4.78 is 24.6. The molecule has 0 aliphatic carbocycles. The maximum Gasteiger partial charge on any atom is 0.332 e. The highest BCUT2D eigenvalue weighted by molar-refractivity contribution is 5.89. The van der Waals surface area contributed by atoms with Crippen LogP contribution in [0.25, 0.3) is 0 Å². The molecule has 68 valence electrons. The van der Waals surface area contributed by atoms with Crippen molar-refractivity contribution in [3.05, 3.63) is 39.7 Å². The molecule has 13 heavy (non-hydrogen) atoms. The number of benzene rings is 1. The molecule has 0 unspecified atom stereocenters. The SMILES string of the molecule is O=C(F)c1ccc(F)c([N+](=O)[O-])c1. The minimum atomic E-state index is -1.83. The lowest BCUT2D eigenvalue weighted by atomic mass is 10.2. The molecule has 0 fully saturated rings. The Hall–Kier alpha value is -1.85. The fourth-order valence-corrected chi connectivity index (χ4v) is 0.775. The first-order chi connectivity index (χ1) is 6.02. The number of hydrogen-bond donors (Lipinski definition) is 0. The number of halogens is 2. The molecule has 0 aromatic heterocycles. The van der Waals surface area contributed by atoms with Gasteiger partial charge < -0.3 is 0 Å². The van der Waals surface area contributed by atoms with Crippen LogP contribution in [0.15, 0.2) is 18.2 Å². The monoisotopic (exact) mass is 187 g/mol. The first kappa shape index (κ1) is 9.24. The average molecular weight is 187 g/mol. The van der Waals surface area contributed by atoms with Gasteiger partial charge in [-0.2, -0.15) is 8.78 Å². The minimum Gasteiger partial charge on any atom is -0.258 e. The zero-order chi connectivity index (χ0) is 10.0. The van der Waals surface area contributed by atoms with E-state index in [1.165, 1.54) is 0 Å². The smallest absolute Gasteiger partial charge is 0.258 e. The van der Waals surface area contributed by atoms with Gasteiger partial charge in [-0.05, 0) is 12.1 Å². The Morgan fingerprint density at radius 3 is 2.54 bits per heavy atom. The molecule has 0 amide bonds. The van der Waals surface area contributed by atoms with Gasteiger partial charge in [0.05, 0.1) is 10.5 Å². The van der Waals surface area contributed by atoms with Crippen molar-refractivity contribution in [2.75, 3.05) is 0 Å². The van der Waals surface area contributed by atoms with Gasteiger partial charge in [0.1, 0.15) is 0 Å². The van der Waals surface area contributed by atoms with Crippen molar-refractivity contribution < 1.29 is 18.5 Å². The van der Waals surface area contributed by atoms with Crippen molar-refractivity contribution in [2.24, 2.45) is 0 Å². The molecular formula is C7H3F2NO3. The van der Waals surface area contributed by atoms with Crippen LogP contribution in [0.1, 0.15) is 10.4 Å². The van der Waals surface area contributed by atoms with Gasteiger partial charge in [-0.25, -0.2) is 0 Å². The molecule has 0 saturated heterocycles. The third kappa shape index (κ3) is 1.84. The number of nitrogens with zero attached hydrogens (tertiary/aromatic N) is 1. The highest BCUT2D eigenvalue weighted by atomic mass is 19.1. The van der Waals surface area contributed by atoms with Crippen LogP contribution in [0.4, 0.5) is 14.5 Å². The molecular weight excluding hydrogens is 184 g/mol. The maximum atomic E-state index is 12.6. The molecule has 0 aliphatic heterocycles. The van der Waals surface area contributed by atoms with E-state index in [2.05, 4.69) is 0 Å². The lowest BCUT2D eigenvalue weighted by Crippen LogP contribution is -1.96. The van der Waals surface area contributed by atoms with Crippen molar-refractivity contribution in [1.82, 2.24) is 0 Å². The second kappa shape index (κ2) is 3.26. The Kier molecular flexibility index (Phi) is 2.32. The van der Waals surface area contributed by atoms with Crippen LogP contribution in [0.5, 0.6) is 0 Å². The molecule has 0 bridgehead atoms. The van der Waals surface area contributed by atoms with Gasteiger partial charge in [0, 0.05) is 6.07 Å². The summed E-state index contributed by atoms with van der Waals surface area (Å²) in [6.07, 6.45) is 0. The van der Waals surface area contributed by atoms with Crippen molar-refractivity contribution in [3.63, 3.8) is 0 Å². The van der Waals surface area contributed by atoms with Crippen LogP contribution in [0.3, 0.4) is 0 Å². The van der Waals surface area contributed by atoms with Crippen LogP contribution in [-0.2, 0) is 0 Å². The summed E-state index contributed by atoms with van der Waals surface area (Å²) in [4.78, 5) is 19.2. The van der Waals surface area contributed by atoms with Gasteiger partial charge in [0.25, 0.3) is 0 Å². The van der Waals surface area contributed by atoms with Crippen molar-refractivity contribution >= 4 is 11.7 Å². The van der Waals surface area contributed by atoms with Crippen LogP contribution < -0.4 is 0 Å². The van der Waals surface area contributed by atoms with Crippen LogP contribution in [-0.4, -0.2) is 11.0 Å². The zero-order valence-corrected chi connectivity index (χ0v) is 6.16. The molecule has 1 rings (SSSR count). The summed E-state index contributed by atoms with van der Waals surface area (Å²) >= 11 is 0. The highest BCUT2D eigenvalue weighted by Gasteiger charge is 2.16. The quantitative estimate of drug-likeness (QED) is 0.403. The number of nitro benzene ring substituents is 1. The number of rotatable bonds is 2. The molecule has 0 radical (unpaired) electrons. The molecule has 0 spiro atoms. The van der Waals surface area contributed by atoms with Crippen LogP contribution in [0.2, 0.25) is 0 Å². The predicted octanol–water partition coefficient (Wildman–Crippen LogP) is 1.84. The number of carbonyl (C=O) groups excluding carboxylic acids is 1. The normalized spacial score (nSPS) is 9.69. The van der Waals surface area contributed by atoms with E-state index in [9.17, 15) is 23.7 Å².